The van der Waals surface area contributed by atoms with E-state index in [-0.39, 0.29) is 0 Å². The molecule has 80 valence electrons. The minimum Gasteiger partial charge on any atom is -0.374 e. The summed E-state index contributed by atoms with van der Waals surface area (Å²) in [5, 5.41) is 3.32. The lowest BCUT2D eigenvalue weighted by atomic mass is 10.2. The quantitative estimate of drug-likeness (QED) is 0.631. The lowest BCUT2D eigenvalue weighted by Gasteiger charge is -2.29. The summed E-state index contributed by atoms with van der Waals surface area (Å²) in [5.74, 6) is 0. The van der Waals surface area contributed by atoms with Crippen molar-refractivity contribution in [2.75, 3.05) is 39.3 Å². The van der Waals surface area contributed by atoms with E-state index in [1.54, 1.807) is 0 Å². The molecule has 1 N–H and O–H groups in total. The van der Waals surface area contributed by atoms with Gasteiger partial charge in [-0.2, -0.15) is 0 Å². The van der Waals surface area contributed by atoms with Gasteiger partial charge in [0.15, 0.2) is 0 Å². The molecule has 3 nitrogen and oxygen atoms in total. The van der Waals surface area contributed by atoms with Crippen LogP contribution in [0.25, 0.3) is 0 Å². The molecule has 1 rings (SSSR count). The average Bonchev–Trinajstić information content (AvgIpc) is 2.20. The molecule has 1 saturated heterocycles. The first kappa shape index (κ1) is 11.4. The van der Waals surface area contributed by atoms with E-state index in [0.29, 0.717) is 6.10 Å². The molecule has 0 aromatic carbocycles. The van der Waals surface area contributed by atoms with Gasteiger partial charge in [-0.1, -0.05) is 12.2 Å². The molecule has 0 amide bonds. The van der Waals surface area contributed by atoms with Crippen LogP contribution in [0.15, 0.2) is 25.3 Å². The zero-order valence-electron chi connectivity index (χ0n) is 8.74. The Morgan fingerprint density at radius 1 is 1.36 bits per heavy atom. The second-order valence-electron chi connectivity index (χ2n) is 3.49. The van der Waals surface area contributed by atoms with Crippen molar-refractivity contribution < 1.29 is 4.74 Å². The molecule has 0 aromatic heterocycles. The summed E-state index contributed by atoms with van der Waals surface area (Å²) < 4.78 is 5.63. The first-order valence-corrected chi connectivity index (χ1v) is 5.13. The van der Waals surface area contributed by atoms with Gasteiger partial charge in [0.25, 0.3) is 0 Å². The van der Waals surface area contributed by atoms with E-state index in [2.05, 4.69) is 23.4 Å². The highest BCUT2D eigenvalue weighted by Crippen LogP contribution is 2.00. The monoisotopic (exact) mass is 196 g/mol. The SMILES string of the molecule is C=CCN(CC=C)CC1CNCCO1. The average molecular weight is 196 g/mol. The largest absolute Gasteiger partial charge is 0.374 e. The van der Waals surface area contributed by atoms with E-state index >= 15 is 0 Å². The van der Waals surface area contributed by atoms with Gasteiger partial charge in [-0.05, 0) is 0 Å². The Morgan fingerprint density at radius 2 is 2.07 bits per heavy atom. The minimum absolute atomic E-state index is 0.309. The molecule has 1 aliphatic heterocycles. The molecule has 0 aliphatic carbocycles. The molecular weight excluding hydrogens is 176 g/mol. The summed E-state index contributed by atoms with van der Waals surface area (Å²) in [7, 11) is 0. The van der Waals surface area contributed by atoms with E-state index in [0.717, 1.165) is 39.3 Å². The Morgan fingerprint density at radius 3 is 2.57 bits per heavy atom. The first-order chi connectivity index (χ1) is 6.86. The predicted molar refractivity (Wildman–Crippen MR) is 59.4 cm³/mol. The van der Waals surface area contributed by atoms with Crippen molar-refractivity contribution in [3.8, 4) is 0 Å². The lowest BCUT2D eigenvalue weighted by molar-refractivity contribution is 0.00947. The van der Waals surface area contributed by atoms with Gasteiger partial charge in [0.1, 0.15) is 0 Å². The molecule has 3 heteroatoms. The third-order valence-corrected chi connectivity index (χ3v) is 2.24. The maximum atomic E-state index is 5.63. The number of nitrogens with zero attached hydrogens (tertiary/aromatic N) is 1. The summed E-state index contributed by atoms with van der Waals surface area (Å²) in [4.78, 5) is 2.28. The maximum Gasteiger partial charge on any atom is 0.0826 e. The van der Waals surface area contributed by atoms with Gasteiger partial charge in [-0.25, -0.2) is 0 Å². The molecule has 0 radical (unpaired) electrons. The molecule has 0 spiro atoms. The second-order valence-corrected chi connectivity index (χ2v) is 3.49. The van der Waals surface area contributed by atoms with Crippen molar-refractivity contribution in [3.05, 3.63) is 25.3 Å². The van der Waals surface area contributed by atoms with Crippen molar-refractivity contribution in [2.24, 2.45) is 0 Å². The van der Waals surface area contributed by atoms with Gasteiger partial charge < -0.3 is 10.1 Å². The fourth-order valence-electron chi connectivity index (χ4n) is 1.61. The summed E-state index contributed by atoms with van der Waals surface area (Å²) in [6.07, 6.45) is 4.14. The first-order valence-electron chi connectivity index (χ1n) is 5.13. The van der Waals surface area contributed by atoms with Crippen LogP contribution in [-0.2, 0) is 4.74 Å². The van der Waals surface area contributed by atoms with Crippen LogP contribution in [0.1, 0.15) is 0 Å². The normalized spacial score (nSPS) is 22.2. The van der Waals surface area contributed by atoms with Crippen molar-refractivity contribution in [1.29, 1.82) is 0 Å². The fourth-order valence-corrected chi connectivity index (χ4v) is 1.61. The highest BCUT2D eigenvalue weighted by atomic mass is 16.5. The smallest absolute Gasteiger partial charge is 0.0826 e. The topological polar surface area (TPSA) is 24.5 Å². The standard InChI is InChI=1S/C11H20N2O/c1-3-6-13(7-4-2)10-11-9-12-5-8-14-11/h3-4,11-12H,1-2,5-10H2. The molecule has 1 atom stereocenters. The van der Waals surface area contributed by atoms with Crippen molar-refractivity contribution >= 4 is 0 Å². The van der Waals surface area contributed by atoms with Crippen molar-refractivity contribution in [1.82, 2.24) is 10.2 Å². The van der Waals surface area contributed by atoms with Crippen molar-refractivity contribution in [2.45, 2.75) is 6.10 Å². The molecule has 0 saturated carbocycles. The zero-order chi connectivity index (χ0) is 10.2. The number of ether oxygens (including phenoxy) is 1. The predicted octanol–water partition coefficient (Wildman–Crippen LogP) is 0.649. The van der Waals surface area contributed by atoms with Crippen LogP contribution in [0, 0.1) is 0 Å². The van der Waals surface area contributed by atoms with Crippen LogP contribution in [0.4, 0.5) is 0 Å². The van der Waals surface area contributed by atoms with Gasteiger partial charge in [0.05, 0.1) is 12.7 Å². The van der Waals surface area contributed by atoms with Crippen molar-refractivity contribution in [3.63, 3.8) is 0 Å². The molecule has 14 heavy (non-hydrogen) atoms. The third kappa shape index (κ3) is 4.05. The summed E-state index contributed by atoms with van der Waals surface area (Å²) in [6, 6.07) is 0. The van der Waals surface area contributed by atoms with E-state index in [1.165, 1.54) is 0 Å². The van der Waals surface area contributed by atoms with E-state index in [1.807, 2.05) is 12.2 Å². The Labute approximate surface area is 86.4 Å². The number of rotatable bonds is 6. The minimum atomic E-state index is 0.309. The molecule has 1 unspecified atom stereocenters. The van der Waals surface area contributed by atoms with Gasteiger partial charge in [-0.15, -0.1) is 13.2 Å². The lowest BCUT2D eigenvalue weighted by Crippen LogP contribution is -2.45. The van der Waals surface area contributed by atoms with Gasteiger partial charge in [0.2, 0.25) is 0 Å². The second kappa shape index (κ2) is 6.76. The molecule has 1 heterocycles. The Balaban J connectivity index is 2.28. The van der Waals surface area contributed by atoms with E-state index in [4.69, 9.17) is 4.74 Å². The van der Waals surface area contributed by atoms with Crippen LogP contribution < -0.4 is 5.32 Å². The van der Waals surface area contributed by atoms with E-state index < -0.39 is 0 Å². The summed E-state index contributed by atoms with van der Waals surface area (Å²) in [6.45, 7) is 13.0. The number of hydrogen-bond acceptors (Lipinski definition) is 3. The Bertz CT molecular complexity index is 166. The van der Waals surface area contributed by atoms with Gasteiger partial charge in [0, 0.05) is 32.7 Å². The highest BCUT2D eigenvalue weighted by molar-refractivity contribution is 4.82. The zero-order valence-corrected chi connectivity index (χ0v) is 8.74. The fraction of sp³-hybridized carbons (Fsp3) is 0.636. The Hall–Kier alpha value is -0.640. The van der Waals surface area contributed by atoms with Crippen LogP contribution in [0.2, 0.25) is 0 Å². The molecule has 0 aromatic rings. The van der Waals surface area contributed by atoms with Crippen LogP contribution in [0.5, 0.6) is 0 Å². The van der Waals surface area contributed by atoms with Crippen LogP contribution in [-0.4, -0.2) is 50.3 Å². The molecule has 0 bridgehead atoms. The van der Waals surface area contributed by atoms with Crippen LogP contribution >= 0.6 is 0 Å². The number of nitrogens with one attached hydrogen (secondary N) is 1. The molecular formula is C11H20N2O. The Kier molecular flexibility index (Phi) is 5.52. The summed E-state index contributed by atoms with van der Waals surface area (Å²) in [5.41, 5.74) is 0. The highest BCUT2D eigenvalue weighted by Gasteiger charge is 2.15. The number of hydrogen-bond donors (Lipinski definition) is 1. The summed E-state index contributed by atoms with van der Waals surface area (Å²) >= 11 is 0. The molecule has 1 fully saturated rings. The van der Waals surface area contributed by atoms with Crippen LogP contribution in [0.3, 0.4) is 0 Å². The van der Waals surface area contributed by atoms with Gasteiger partial charge >= 0.3 is 0 Å². The number of morpholine rings is 1. The maximum absolute atomic E-state index is 5.63. The van der Waals surface area contributed by atoms with E-state index in [9.17, 15) is 0 Å². The van der Waals surface area contributed by atoms with Gasteiger partial charge in [-0.3, -0.25) is 4.90 Å². The third-order valence-electron chi connectivity index (χ3n) is 2.24. The molecule has 1 aliphatic rings.